The smallest absolute Gasteiger partial charge is 0.295 e. The number of carbonyl (C=O) groups excluding carboxylic acids is 1. The molecule has 0 aliphatic carbocycles. The molecule has 29 heavy (non-hydrogen) atoms. The first-order chi connectivity index (χ1) is 14.0. The number of hydrogen-bond acceptors (Lipinski definition) is 6. The van der Waals surface area contributed by atoms with Crippen molar-refractivity contribution < 1.29 is 13.6 Å². The summed E-state index contributed by atoms with van der Waals surface area (Å²) in [4.78, 5) is 26.0. The maximum atomic E-state index is 13.3. The van der Waals surface area contributed by atoms with Crippen molar-refractivity contribution in [3.05, 3.63) is 71.5 Å². The summed E-state index contributed by atoms with van der Waals surface area (Å²) >= 11 is 1.29. The number of benzene rings is 1. The van der Waals surface area contributed by atoms with Crippen LogP contribution in [0.1, 0.15) is 36.2 Å². The van der Waals surface area contributed by atoms with Gasteiger partial charge in [-0.15, -0.1) is 11.3 Å². The van der Waals surface area contributed by atoms with Crippen LogP contribution < -0.4 is 5.32 Å². The van der Waals surface area contributed by atoms with E-state index in [2.05, 4.69) is 20.3 Å². The minimum Gasteiger partial charge on any atom is -0.435 e. The Kier molecular flexibility index (Phi) is 5.18. The summed E-state index contributed by atoms with van der Waals surface area (Å²) in [5, 5.41) is 4.99. The van der Waals surface area contributed by atoms with Crippen molar-refractivity contribution in [3.63, 3.8) is 0 Å². The van der Waals surface area contributed by atoms with Crippen molar-refractivity contribution in [1.29, 1.82) is 0 Å². The predicted octanol–water partition coefficient (Wildman–Crippen LogP) is 5.37. The number of amides is 1. The molecular formula is C21H17FN4O2S. The average Bonchev–Trinajstić information content (AvgIpc) is 3.37. The Morgan fingerprint density at radius 1 is 1.10 bits per heavy atom. The molecule has 0 radical (unpaired) electrons. The van der Waals surface area contributed by atoms with Crippen molar-refractivity contribution >= 4 is 22.4 Å². The molecule has 0 fully saturated rings. The van der Waals surface area contributed by atoms with Gasteiger partial charge < -0.3 is 4.42 Å². The van der Waals surface area contributed by atoms with Crippen LogP contribution >= 0.6 is 11.3 Å². The summed E-state index contributed by atoms with van der Waals surface area (Å²) < 4.78 is 19.0. The van der Waals surface area contributed by atoms with E-state index in [-0.39, 0.29) is 17.5 Å². The van der Waals surface area contributed by atoms with Crippen LogP contribution in [0.5, 0.6) is 0 Å². The van der Waals surface area contributed by atoms with Gasteiger partial charge in [0.05, 0.1) is 5.69 Å². The molecule has 3 heterocycles. The predicted molar refractivity (Wildman–Crippen MR) is 109 cm³/mol. The zero-order chi connectivity index (χ0) is 20.4. The third-order valence-electron chi connectivity index (χ3n) is 4.11. The van der Waals surface area contributed by atoms with Crippen LogP contribution in [0.25, 0.3) is 22.6 Å². The van der Waals surface area contributed by atoms with Crippen molar-refractivity contribution in [3.8, 4) is 22.6 Å². The summed E-state index contributed by atoms with van der Waals surface area (Å²) in [7, 11) is 0. The third-order valence-corrected chi connectivity index (χ3v) is 4.87. The number of carbonyl (C=O) groups is 1. The number of thiazole rings is 1. The maximum absolute atomic E-state index is 13.3. The first kappa shape index (κ1) is 18.9. The number of aromatic nitrogens is 3. The average molecular weight is 408 g/mol. The quantitative estimate of drug-likeness (QED) is 0.480. The van der Waals surface area contributed by atoms with E-state index in [0.717, 1.165) is 5.69 Å². The van der Waals surface area contributed by atoms with Crippen LogP contribution in [0.15, 0.2) is 58.5 Å². The third kappa shape index (κ3) is 4.07. The maximum Gasteiger partial charge on any atom is 0.295 e. The number of nitrogens with one attached hydrogen (secondary N) is 1. The Balaban J connectivity index is 1.63. The van der Waals surface area contributed by atoms with Gasteiger partial charge in [0, 0.05) is 23.1 Å². The van der Waals surface area contributed by atoms with Gasteiger partial charge in [0.15, 0.2) is 11.0 Å². The Labute approximate surface area is 170 Å². The minimum atomic E-state index is -0.467. The lowest BCUT2D eigenvalue weighted by atomic mass is 10.1. The van der Waals surface area contributed by atoms with Crippen molar-refractivity contribution in [2.75, 3.05) is 5.32 Å². The lowest BCUT2D eigenvalue weighted by molar-refractivity contribution is 0.0995. The Bertz CT molecular complexity index is 1140. The molecule has 8 heteroatoms. The number of anilines is 1. The zero-order valence-electron chi connectivity index (χ0n) is 15.7. The van der Waals surface area contributed by atoms with Gasteiger partial charge in [0.2, 0.25) is 5.76 Å². The van der Waals surface area contributed by atoms with E-state index in [0.29, 0.717) is 28.0 Å². The Hall–Kier alpha value is -3.39. The molecule has 4 aromatic rings. The van der Waals surface area contributed by atoms with Gasteiger partial charge in [-0.05, 0) is 36.4 Å². The van der Waals surface area contributed by atoms with Crippen LogP contribution in [0.3, 0.4) is 0 Å². The number of halogens is 1. The number of rotatable bonds is 5. The van der Waals surface area contributed by atoms with Crippen LogP contribution in [0, 0.1) is 5.82 Å². The monoisotopic (exact) mass is 408 g/mol. The summed E-state index contributed by atoms with van der Waals surface area (Å²) in [6.45, 7) is 3.84. The minimum absolute atomic E-state index is 0.00799. The lowest BCUT2D eigenvalue weighted by Crippen LogP contribution is -2.12. The standard InChI is InChI=1S/C21H17FN4O2S/c1-12(2)20-25-17(13-6-8-14(22)9-7-13)18(28-20)19(27)26-21-24-16(11-29-21)15-5-3-4-10-23-15/h3-12H,1-2H3,(H,24,26,27). The van der Waals surface area contributed by atoms with E-state index in [1.807, 2.05) is 37.4 Å². The number of hydrogen-bond donors (Lipinski definition) is 1. The molecule has 146 valence electrons. The largest absolute Gasteiger partial charge is 0.435 e. The molecular weight excluding hydrogens is 391 g/mol. The van der Waals surface area contributed by atoms with Crippen LogP contribution in [-0.4, -0.2) is 20.9 Å². The molecule has 0 atom stereocenters. The van der Waals surface area contributed by atoms with Gasteiger partial charge in [-0.2, -0.15) is 0 Å². The van der Waals surface area contributed by atoms with Gasteiger partial charge >= 0.3 is 0 Å². The summed E-state index contributed by atoms with van der Waals surface area (Å²) in [6, 6.07) is 11.3. The molecule has 4 rings (SSSR count). The highest BCUT2D eigenvalue weighted by molar-refractivity contribution is 7.14. The normalized spacial score (nSPS) is 11.0. The van der Waals surface area contributed by atoms with Crippen molar-refractivity contribution in [2.45, 2.75) is 19.8 Å². The molecule has 0 aliphatic heterocycles. The fourth-order valence-electron chi connectivity index (χ4n) is 2.66. The number of nitrogens with zero attached hydrogens (tertiary/aromatic N) is 3. The number of oxazole rings is 1. The molecule has 1 N–H and O–H groups in total. The topological polar surface area (TPSA) is 80.9 Å². The van der Waals surface area contributed by atoms with Crippen molar-refractivity contribution in [1.82, 2.24) is 15.0 Å². The van der Waals surface area contributed by atoms with Gasteiger partial charge in [0.1, 0.15) is 17.2 Å². The van der Waals surface area contributed by atoms with E-state index in [4.69, 9.17) is 4.42 Å². The highest BCUT2D eigenvalue weighted by atomic mass is 32.1. The second-order valence-corrected chi connectivity index (χ2v) is 7.46. The van der Waals surface area contributed by atoms with Gasteiger partial charge in [-0.25, -0.2) is 14.4 Å². The molecule has 0 unspecified atom stereocenters. The summed E-state index contributed by atoms with van der Waals surface area (Å²) in [5.74, 6) is -0.341. The Morgan fingerprint density at radius 2 is 1.90 bits per heavy atom. The molecule has 0 aliphatic rings. The first-order valence-electron chi connectivity index (χ1n) is 8.96. The summed E-state index contributed by atoms with van der Waals surface area (Å²) in [5.41, 5.74) is 2.36. The fraction of sp³-hybridized carbons (Fsp3) is 0.143. The molecule has 0 bridgehead atoms. The molecule has 0 spiro atoms. The highest BCUT2D eigenvalue weighted by Crippen LogP contribution is 2.29. The second-order valence-electron chi connectivity index (χ2n) is 6.60. The number of pyridine rings is 1. The van der Waals surface area contributed by atoms with Crippen LogP contribution in [-0.2, 0) is 0 Å². The Morgan fingerprint density at radius 3 is 2.59 bits per heavy atom. The van der Waals surface area contributed by atoms with Gasteiger partial charge in [-0.1, -0.05) is 19.9 Å². The highest BCUT2D eigenvalue weighted by Gasteiger charge is 2.24. The van der Waals surface area contributed by atoms with Crippen LogP contribution in [0.4, 0.5) is 9.52 Å². The lowest BCUT2D eigenvalue weighted by Gasteiger charge is -2.02. The zero-order valence-corrected chi connectivity index (χ0v) is 16.5. The summed E-state index contributed by atoms with van der Waals surface area (Å²) in [6.07, 6.45) is 1.68. The van der Waals surface area contributed by atoms with E-state index < -0.39 is 5.91 Å². The molecule has 0 saturated heterocycles. The molecule has 1 aromatic carbocycles. The second kappa shape index (κ2) is 7.92. The molecule has 0 saturated carbocycles. The van der Waals surface area contributed by atoms with E-state index in [1.54, 1.807) is 18.3 Å². The van der Waals surface area contributed by atoms with E-state index >= 15 is 0 Å². The molecule has 1 amide bonds. The SMILES string of the molecule is CC(C)c1nc(-c2ccc(F)cc2)c(C(=O)Nc2nc(-c3ccccn3)cs2)o1. The molecule has 3 aromatic heterocycles. The molecule has 6 nitrogen and oxygen atoms in total. The van der Waals surface area contributed by atoms with Crippen molar-refractivity contribution in [2.24, 2.45) is 0 Å². The first-order valence-corrected chi connectivity index (χ1v) is 9.84. The van der Waals surface area contributed by atoms with E-state index in [1.165, 1.54) is 23.5 Å². The van der Waals surface area contributed by atoms with Crippen LogP contribution in [0.2, 0.25) is 0 Å². The van der Waals surface area contributed by atoms with E-state index in [9.17, 15) is 9.18 Å². The van der Waals surface area contributed by atoms with Gasteiger partial charge in [0.25, 0.3) is 5.91 Å². The fourth-order valence-corrected chi connectivity index (χ4v) is 3.36. The van der Waals surface area contributed by atoms with Gasteiger partial charge in [-0.3, -0.25) is 15.1 Å².